The van der Waals surface area contributed by atoms with Crippen LogP contribution in [0.25, 0.3) is 0 Å². The molecule has 1 atom stereocenters. The van der Waals surface area contributed by atoms with Gasteiger partial charge in [-0.2, -0.15) is 0 Å². The predicted molar refractivity (Wildman–Crippen MR) is 91.9 cm³/mol. The summed E-state index contributed by atoms with van der Waals surface area (Å²) in [6, 6.07) is 12.1. The maximum Gasteiger partial charge on any atom is 0.256 e. The van der Waals surface area contributed by atoms with Gasteiger partial charge in [-0.05, 0) is 49.7 Å². The Labute approximate surface area is 140 Å². The summed E-state index contributed by atoms with van der Waals surface area (Å²) in [5.74, 6) is -0.447. The van der Waals surface area contributed by atoms with Gasteiger partial charge in [0.1, 0.15) is 6.04 Å². The van der Waals surface area contributed by atoms with Crippen molar-refractivity contribution >= 4 is 34.8 Å². The van der Waals surface area contributed by atoms with Crippen molar-refractivity contribution in [3.63, 3.8) is 0 Å². The lowest BCUT2D eigenvalue weighted by atomic mass is 10.1. The molecule has 0 radical (unpaired) electrons. The molecule has 4 nitrogen and oxygen atoms in total. The Morgan fingerprint density at radius 2 is 1.78 bits per heavy atom. The fourth-order valence-corrected chi connectivity index (χ4v) is 2.90. The first-order chi connectivity index (χ1) is 11.0. The highest BCUT2D eigenvalue weighted by molar-refractivity contribution is 6.30. The first-order valence-corrected chi connectivity index (χ1v) is 7.79. The van der Waals surface area contributed by atoms with Crippen molar-refractivity contribution in [3.05, 3.63) is 58.6 Å². The van der Waals surface area contributed by atoms with E-state index in [0.29, 0.717) is 10.7 Å². The zero-order chi connectivity index (χ0) is 16.6. The summed E-state index contributed by atoms with van der Waals surface area (Å²) in [5.41, 5.74) is 3.63. The molecule has 1 heterocycles. The van der Waals surface area contributed by atoms with Crippen LogP contribution in [-0.2, 0) is 9.59 Å². The lowest BCUT2D eigenvalue weighted by molar-refractivity contribution is -0.121. The van der Waals surface area contributed by atoms with Crippen molar-refractivity contribution in [1.29, 1.82) is 0 Å². The minimum Gasteiger partial charge on any atom is -0.373 e. The molecule has 1 saturated heterocycles. The molecule has 23 heavy (non-hydrogen) atoms. The van der Waals surface area contributed by atoms with Gasteiger partial charge in [0.05, 0.1) is 12.1 Å². The van der Waals surface area contributed by atoms with Crippen LogP contribution in [0.2, 0.25) is 5.02 Å². The number of benzene rings is 2. The van der Waals surface area contributed by atoms with E-state index in [0.717, 1.165) is 16.8 Å². The van der Waals surface area contributed by atoms with Gasteiger partial charge in [-0.25, -0.2) is 4.90 Å². The summed E-state index contributed by atoms with van der Waals surface area (Å²) in [6.45, 7) is 4.00. The van der Waals surface area contributed by atoms with Crippen LogP contribution in [0.1, 0.15) is 17.5 Å². The zero-order valence-electron chi connectivity index (χ0n) is 13.0. The number of carbonyl (C=O) groups excluding carboxylic acids is 2. The Kier molecular flexibility index (Phi) is 4.09. The molecular weight excluding hydrogens is 312 g/mol. The molecule has 0 spiro atoms. The third-order valence-electron chi connectivity index (χ3n) is 3.94. The SMILES string of the molecule is Cc1ccc(N[C@H]2CC(=O)N(c3ccc(Cl)cc3)C2=O)c(C)c1. The van der Waals surface area contributed by atoms with E-state index in [9.17, 15) is 9.59 Å². The molecule has 2 aromatic carbocycles. The molecule has 3 rings (SSSR count). The number of nitrogens with zero attached hydrogens (tertiary/aromatic N) is 1. The van der Waals surface area contributed by atoms with Crippen molar-refractivity contribution in [2.24, 2.45) is 0 Å². The van der Waals surface area contributed by atoms with Crippen molar-refractivity contribution < 1.29 is 9.59 Å². The van der Waals surface area contributed by atoms with E-state index in [1.807, 2.05) is 32.0 Å². The molecule has 1 aliphatic rings. The van der Waals surface area contributed by atoms with Crippen molar-refractivity contribution in [2.45, 2.75) is 26.3 Å². The molecule has 2 aromatic rings. The Morgan fingerprint density at radius 1 is 1.09 bits per heavy atom. The highest BCUT2D eigenvalue weighted by atomic mass is 35.5. The van der Waals surface area contributed by atoms with Crippen LogP contribution in [0, 0.1) is 13.8 Å². The molecule has 5 heteroatoms. The van der Waals surface area contributed by atoms with E-state index in [1.165, 1.54) is 4.90 Å². The van der Waals surface area contributed by atoms with Crippen LogP contribution in [0.5, 0.6) is 0 Å². The van der Waals surface area contributed by atoms with Crippen LogP contribution in [-0.4, -0.2) is 17.9 Å². The van der Waals surface area contributed by atoms with Crippen LogP contribution < -0.4 is 10.2 Å². The standard InChI is InChI=1S/C18H17ClN2O2/c1-11-3-8-15(12(2)9-11)20-16-10-17(22)21(18(16)23)14-6-4-13(19)5-7-14/h3-9,16,20H,10H2,1-2H3/t16-/m0/s1. The van der Waals surface area contributed by atoms with Gasteiger partial charge in [0, 0.05) is 10.7 Å². The molecular formula is C18H17ClN2O2. The van der Waals surface area contributed by atoms with Crippen LogP contribution in [0.15, 0.2) is 42.5 Å². The van der Waals surface area contributed by atoms with Gasteiger partial charge in [0.15, 0.2) is 0 Å². The van der Waals surface area contributed by atoms with Crippen LogP contribution in [0.3, 0.4) is 0 Å². The number of nitrogens with one attached hydrogen (secondary N) is 1. The molecule has 1 aliphatic heterocycles. The second kappa shape index (κ2) is 6.05. The molecule has 0 aliphatic carbocycles. The average Bonchev–Trinajstić information content (AvgIpc) is 2.78. The van der Waals surface area contributed by atoms with E-state index in [-0.39, 0.29) is 18.2 Å². The molecule has 0 saturated carbocycles. The van der Waals surface area contributed by atoms with Gasteiger partial charge in [-0.3, -0.25) is 9.59 Å². The van der Waals surface area contributed by atoms with E-state index in [4.69, 9.17) is 11.6 Å². The van der Waals surface area contributed by atoms with Gasteiger partial charge in [-0.15, -0.1) is 0 Å². The van der Waals surface area contributed by atoms with Gasteiger partial charge in [-0.1, -0.05) is 29.3 Å². The summed E-state index contributed by atoms with van der Waals surface area (Å²) in [5, 5.41) is 3.76. The lowest BCUT2D eigenvalue weighted by Crippen LogP contribution is -2.34. The van der Waals surface area contributed by atoms with Crippen LogP contribution >= 0.6 is 11.6 Å². The largest absolute Gasteiger partial charge is 0.373 e. The maximum atomic E-state index is 12.6. The smallest absolute Gasteiger partial charge is 0.256 e. The second-order valence-corrected chi connectivity index (χ2v) is 6.20. The fourth-order valence-electron chi connectivity index (χ4n) is 2.77. The molecule has 118 valence electrons. The van der Waals surface area contributed by atoms with E-state index in [1.54, 1.807) is 24.3 Å². The molecule has 1 N–H and O–H groups in total. The summed E-state index contributed by atoms with van der Waals surface area (Å²) in [4.78, 5) is 26.1. The normalized spacial score (nSPS) is 17.7. The van der Waals surface area contributed by atoms with Crippen molar-refractivity contribution in [2.75, 3.05) is 10.2 Å². The summed E-state index contributed by atoms with van der Waals surface area (Å²) in [6.07, 6.45) is 0.148. The van der Waals surface area contributed by atoms with E-state index in [2.05, 4.69) is 5.32 Å². The number of imide groups is 1. The number of carbonyl (C=O) groups is 2. The molecule has 0 aromatic heterocycles. The molecule has 2 amide bonds. The maximum absolute atomic E-state index is 12.6. The molecule has 0 bridgehead atoms. The monoisotopic (exact) mass is 328 g/mol. The summed E-state index contributed by atoms with van der Waals surface area (Å²) in [7, 11) is 0. The lowest BCUT2D eigenvalue weighted by Gasteiger charge is -2.17. The number of amides is 2. The number of anilines is 2. The molecule has 1 fully saturated rings. The van der Waals surface area contributed by atoms with E-state index >= 15 is 0 Å². The number of aryl methyl sites for hydroxylation is 2. The third-order valence-corrected chi connectivity index (χ3v) is 4.20. The third kappa shape index (κ3) is 3.08. The van der Waals surface area contributed by atoms with Gasteiger partial charge < -0.3 is 5.32 Å². The van der Waals surface area contributed by atoms with Gasteiger partial charge >= 0.3 is 0 Å². The average molecular weight is 329 g/mol. The van der Waals surface area contributed by atoms with E-state index < -0.39 is 6.04 Å². The van der Waals surface area contributed by atoms with Gasteiger partial charge in [0.2, 0.25) is 5.91 Å². The van der Waals surface area contributed by atoms with Crippen molar-refractivity contribution in [3.8, 4) is 0 Å². The second-order valence-electron chi connectivity index (χ2n) is 5.76. The minimum atomic E-state index is -0.542. The Balaban J connectivity index is 1.82. The Morgan fingerprint density at radius 3 is 2.43 bits per heavy atom. The zero-order valence-corrected chi connectivity index (χ0v) is 13.7. The Hall–Kier alpha value is -2.33. The summed E-state index contributed by atoms with van der Waals surface area (Å²) < 4.78 is 0. The highest BCUT2D eigenvalue weighted by Gasteiger charge is 2.39. The van der Waals surface area contributed by atoms with Gasteiger partial charge in [0.25, 0.3) is 5.91 Å². The summed E-state index contributed by atoms with van der Waals surface area (Å²) >= 11 is 5.86. The topological polar surface area (TPSA) is 49.4 Å². The number of hydrogen-bond donors (Lipinski definition) is 1. The quantitative estimate of drug-likeness (QED) is 0.874. The number of hydrogen-bond acceptors (Lipinski definition) is 3. The number of rotatable bonds is 3. The predicted octanol–water partition coefficient (Wildman–Crippen LogP) is 3.70. The first-order valence-electron chi connectivity index (χ1n) is 7.42. The first kappa shape index (κ1) is 15.6. The fraction of sp³-hybridized carbons (Fsp3) is 0.222. The molecule has 0 unspecified atom stereocenters. The van der Waals surface area contributed by atoms with Crippen LogP contribution in [0.4, 0.5) is 11.4 Å². The highest BCUT2D eigenvalue weighted by Crippen LogP contribution is 2.27. The number of halogens is 1. The minimum absolute atomic E-state index is 0.148. The van der Waals surface area contributed by atoms with Crippen molar-refractivity contribution in [1.82, 2.24) is 0 Å². The Bertz CT molecular complexity index is 771.